The van der Waals surface area contributed by atoms with E-state index in [2.05, 4.69) is 36.9 Å². The first-order chi connectivity index (χ1) is 10.7. The summed E-state index contributed by atoms with van der Waals surface area (Å²) in [7, 11) is 0. The highest BCUT2D eigenvalue weighted by molar-refractivity contribution is 9.10. The maximum Gasteiger partial charge on any atom is 0.320 e. The van der Waals surface area contributed by atoms with Crippen LogP contribution in [0.25, 0.3) is 5.65 Å². The third kappa shape index (κ3) is 5.55. The van der Waals surface area contributed by atoms with Gasteiger partial charge < -0.3 is 15.0 Å². The summed E-state index contributed by atoms with van der Waals surface area (Å²) >= 11 is 3.37. The van der Waals surface area contributed by atoms with E-state index in [4.69, 9.17) is 0 Å². The van der Waals surface area contributed by atoms with Gasteiger partial charge in [-0.05, 0) is 48.8 Å². The molecule has 0 aliphatic rings. The van der Waals surface area contributed by atoms with Crippen molar-refractivity contribution in [1.82, 2.24) is 20.0 Å². The largest absolute Gasteiger partial charge is 0.351 e. The minimum atomic E-state index is -0.393. The zero-order valence-electron chi connectivity index (χ0n) is 13.3. The van der Waals surface area contributed by atoms with Gasteiger partial charge in [-0.1, -0.05) is 0 Å². The Kier molecular flexibility index (Phi) is 5.25. The monoisotopic (exact) mass is 381 g/mol. The molecule has 0 spiro atoms. The van der Waals surface area contributed by atoms with Crippen LogP contribution in [0.4, 0.5) is 10.6 Å². The van der Waals surface area contributed by atoms with Crippen LogP contribution in [0.5, 0.6) is 0 Å². The number of aromatic nitrogens is 2. The standard InChI is InChI=1S/C15H20BrN5O2/c1-15(2,3)20-13(22)6-7-17-14(23)19-11-9-21-8-10(16)4-5-12(21)18-11/h4-5,8-9H,6-7H2,1-3H3,(H,20,22)(H2,17,19,23). The molecule has 0 fully saturated rings. The van der Waals surface area contributed by atoms with Crippen molar-refractivity contribution in [3.63, 3.8) is 0 Å². The van der Waals surface area contributed by atoms with E-state index in [0.29, 0.717) is 5.82 Å². The van der Waals surface area contributed by atoms with Crippen LogP contribution in [0.15, 0.2) is 29.0 Å². The molecule has 2 heterocycles. The normalized spacial score (nSPS) is 11.3. The number of carbonyl (C=O) groups is 2. The lowest BCUT2D eigenvalue weighted by Crippen LogP contribution is -2.42. The molecule has 2 rings (SSSR count). The van der Waals surface area contributed by atoms with Crippen LogP contribution in [0.1, 0.15) is 27.2 Å². The Balaban J connectivity index is 1.81. The van der Waals surface area contributed by atoms with E-state index in [9.17, 15) is 9.59 Å². The number of hydrogen-bond acceptors (Lipinski definition) is 3. The van der Waals surface area contributed by atoms with Gasteiger partial charge in [-0.25, -0.2) is 9.78 Å². The second-order valence-electron chi connectivity index (χ2n) is 6.17. The lowest BCUT2D eigenvalue weighted by molar-refractivity contribution is -0.122. The molecular formula is C15H20BrN5O2. The Hall–Kier alpha value is -2.09. The first kappa shape index (κ1) is 17.3. The first-order valence-electron chi connectivity index (χ1n) is 7.23. The van der Waals surface area contributed by atoms with Crippen molar-refractivity contribution in [2.75, 3.05) is 11.9 Å². The number of hydrogen-bond donors (Lipinski definition) is 3. The van der Waals surface area contributed by atoms with Crippen LogP contribution in [0, 0.1) is 0 Å². The lowest BCUT2D eigenvalue weighted by Gasteiger charge is -2.20. The second kappa shape index (κ2) is 6.99. The minimum Gasteiger partial charge on any atom is -0.351 e. The number of amides is 3. The average Bonchev–Trinajstić information content (AvgIpc) is 2.77. The minimum absolute atomic E-state index is 0.101. The van der Waals surface area contributed by atoms with Crippen molar-refractivity contribution in [1.29, 1.82) is 0 Å². The number of nitrogens with zero attached hydrogens (tertiary/aromatic N) is 2. The number of halogens is 1. The number of urea groups is 1. The molecule has 0 saturated carbocycles. The quantitative estimate of drug-likeness (QED) is 0.760. The van der Waals surface area contributed by atoms with E-state index in [1.807, 2.05) is 39.1 Å². The molecule has 23 heavy (non-hydrogen) atoms. The number of fused-ring (bicyclic) bond motifs is 1. The molecule has 2 aromatic heterocycles. The van der Waals surface area contributed by atoms with Crippen molar-refractivity contribution in [3.8, 4) is 0 Å². The molecule has 3 N–H and O–H groups in total. The van der Waals surface area contributed by atoms with Gasteiger partial charge in [0.05, 0.1) is 6.20 Å². The molecule has 0 aromatic carbocycles. The van der Waals surface area contributed by atoms with Crippen molar-refractivity contribution in [2.45, 2.75) is 32.7 Å². The Morgan fingerprint density at radius 1 is 1.26 bits per heavy atom. The number of anilines is 1. The fourth-order valence-corrected chi connectivity index (χ4v) is 2.31. The van der Waals surface area contributed by atoms with Crippen LogP contribution in [0.3, 0.4) is 0 Å². The number of imidazole rings is 1. The molecule has 7 nitrogen and oxygen atoms in total. The van der Waals surface area contributed by atoms with Crippen molar-refractivity contribution < 1.29 is 9.59 Å². The van der Waals surface area contributed by atoms with Gasteiger partial charge >= 0.3 is 6.03 Å². The Morgan fingerprint density at radius 2 is 2.00 bits per heavy atom. The summed E-state index contributed by atoms with van der Waals surface area (Å²) in [5, 5.41) is 8.11. The van der Waals surface area contributed by atoms with Gasteiger partial charge in [-0.2, -0.15) is 0 Å². The molecule has 0 saturated heterocycles. The molecule has 3 amide bonds. The van der Waals surface area contributed by atoms with Gasteiger partial charge in [0.2, 0.25) is 5.91 Å². The maximum atomic E-state index is 11.8. The van der Waals surface area contributed by atoms with Crippen molar-refractivity contribution in [2.24, 2.45) is 0 Å². The SMILES string of the molecule is CC(C)(C)NC(=O)CCNC(=O)Nc1cn2cc(Br)ccc2n1. The summed E-state index contributed by atoms with van der Waals surface area (Å²) in [6.45, 7) is 5.99. The molecule has 0 radical (unpaired) electrons. The predicted octanol–water partition coefficient (Wildman–Crippen LogP) is 2.52. The van der Waals surface area contributed by atoms with Crippen LogP contribution >= 0.6 is 15.9 Å². The summed E-state index contributed by atoms with van der Waals surface area (Å²) in [5.74, 6) is 0.343. The fraction of sp³-hybridized carbons (Fsp3) is 0.400. The molecule has 0 unspecified atom stereocenters. The highest BCUT2D eigenvalue weighted by Gasteiger charge is 2.13. The summed E-state index contributed by atoms with van der Waals surface area (Å²) in [6, 6.07) is 3.32. The number of nitrogens with one attached hydrogen (secondary N) is 3. The van der Waals surface area contributed by atoms with Crippen LogP contribution in [0.2, 0.25) is 0 Å². The van der Waals surface area contributed by atoms with E-state index < -0.39 is 6.03 Å². The van der Waals surface area contributed by atoms with Crippen LogP contribution < -0.4 is 16.0 Å². The average molecular weight is 382 g/mol. The van der Waals surface area contributed by atoms with Gasteiger partial charge in [0.1, 0.15) is 5.65 Å². The van der Waals surface area contributed by atoms with E-state index in [1.165, 1.54) is 0 Å². The zero-order chi connectivity index (χ0) is 17.0. The third-order valence-corrected chi connectivity index (χ3v) is 3.28. The van der Waals surface area contributed by atoms with Gasteiger partial charge in [0, 0.05) is 29.2 Å². The van der Waals surface area contributed by atoms with Gasteiger partial charge in [-0.3, -0.25) is 10.1 Å². The molecule has 0 atom stereocenters. The molecular weight excluding hydrogens is 362 g/mol. The highest BCUT2D eigenvalue weighted by Crippen LogP contribution is 2.14. The highest BCUT2D eigenvalue weighted by atomic mass is 79.9. The second-order valence-corrected chi connectivity index (χ2v) is 7.08. The molecule has 124 valence electrons. The van der Waals surface area contributed by atoms with Crippen LogP contribution in [-0.2, 0) is 4.79 Å². The van der Waals surface area contributed by atoms with Crippen molar-refractivity contribution >= 4 is 39.3 Å². The molecule has 2 aromatic rings. The molecule has 0 bridgehead atoms. The number of pyridine rings is 1. The zero-order valence-corrected chi connectivity index (χ0v) is 14.9. The lowest BCUT2D eigenvalue weighted by atomic mass is 10.1. The number of rotatable bonds is 4. The van der Waals surface area contributed by atoms with Gasteiger partial charge in [0.25, 0.3) is 0 Å². The molecule has 0 aliphatic carbocycles. The molecule has 8 heteroatoms. The number of carbonyl (C=O) groups excluding carboxylic acids is 2. The van der Waals surface area contributed by atoms with Crippen LogP contribution in [-0.4, -0.2) is 33.4 Å². The Labute approximate surface area is 143 Å². The molecule has 0 aliphatic heterocycles. The fourth-order valence-electron chi connectivity index (χ4n) is 1.96. The maximum absolute atomic E-state index is 11.8. The summed E-state index contributed by atoms with van der Waals surface area (Å²) in [6.07, 6.45) is 3.79. The smallest absolute Gasteiger partial charge is 0.320 e. The van der Waals surface area contributed by atoms with Gasteiger partial charge in [0.15, 0.2) is 5.82 Å². The third-order valence-electron chi connectivity index (χ3n) is 2.81. The predicted molar refractivity (Wildman–Crippen MR) is 92.4 cm³/mol. The van der Waals surface area contributed by atoms with E-state index in [0.717, 1.165) is 10.1 Å². The Morgan fingerprint density at radius 3 is 2.70 bits per heavy atom. The van der Waals surface area contributed by atoms with E-state index in [-0.39, 0.29) is 24.4 Å². The van der Waals surface area contributed by atoms with Gasteiger partial charge in [-0.15, -0.1) is 0 Å². The first-order valence-corrected chi connectivity index (χ1v) is 8.02. The Bertz CT molecular complexity index is 720. The van der Waals surface area contributed by atoms with Crippen molar-refractivity contribution in [3.05, 3.63) is 29.0 Å². The van der Waals surface area contributed by atoms with E-state index in [1.54, 1.807) is 10.6 Å². The summed E-state index contributed by atoms with van der Waals surface area (Å²) < 4.78 is 2.72. The summed E-state index contributed by atoms with van der Waals surface area (Å²) in [5.41, 5.74) is 0.456. The topological polar surface area (TPSA) is 87.5 Å². The van der Waals surface area contributed by atoms with E-state index >= 15 is 0 Å². The summed E-state index contributed by atoms with van der Waals surface area (Å²) in [4.78, 5) is 27.7.